The van der Waals surface area contributed by atoms with Gasteiger partial charge >= 0.3 is 12.1 Å². The van der Waals surface area contributed by atoms with Gasteiger partial charge in [-0.25, -0.2) is 8.42 Å². The van der Waals surface area contributed by atoms with Crippen LogP contribution in [-0.4, -0.2) is 19.4 Å². The number of H-pyrrole nitrogens is 1. The van der Waals surface area contributed by atoms with Crippen molar-refractivity contribution in [1.29, 1.82) is 0 Å². The molecular weight excluding hydrogens is 395 g/mol. The summed E-state index contributed by atoms with van der Waals surface area (Å²) in [5.41, 5.74) is -2.52. The van der Waals surface area contributed by atoms with E-state index in [4.69, 9.17) is 4.74 Å². The van der Waals surface area contributed by atoms with Crippen LogP contribution >= 0.6 is 0 Å². The highest BCUT2D eigenvalue weighted by Gasteiger charge is 2.35. The van der Waals surface area contributed by atoms with Crippen molar-refractivity contribution >= 4 is 26.7 Å². The van der Waals surface area contributed by atoms with Crippen LogP contribution in [0.25, 0.3) is 10.9 Å². The quantitative estimate of drug-likeness (QED) is 0.622. The van der Waals surface area contributed by atoms with Gasteiger partial charge in [-0.1, -0.05) is 31.2 Å². The summed E-state index contributed by atoms with van der Waals surface area (Å²) in [6.07, 6.45) is -4.59. The summed E-state index contributed by atoms with van der Waals surface area (Å²) in [6.45, 7) is 1.51. The van der Waals surface area contributed by atoms with E-state index in [0.717, 1.165) is 12.1 Å². The van der Waals surface area contributed by atoms with Crippen molar-refractivity contribution in [3.8, 4) is 0 Å². The minimum absolute atomic E-state index is 0.0278. The molecule has 0 bridgehead atoms. The zero-order chi connectivity index (χ0) is 20.5. The molecule has 1 unspecified atom stereocenters. The first-order valence-electron chi connectivity index (χ1n) is 8.31. The third kappa shape index (κ3) is 3.89. The molecule has 5 nitrogen and oxygen atoms in total. The van der Waals surface area contributed by atoms with Crippen LogP contribution in [0.2, 0.25) is 0 Å². The van der Waals surface area contributed by atoms with Crippen LogP contribution in [-0.2, 0) is 25.5 Å². The van der Waals surface area contributed by atoms with Crippen LogP contribution in [0.1, 0.15) is 30.0 Å². The lowest BCUT2D eigenvalue weighted by Crippen LogP contribution is -2.20. The van der Waals surface area contributed by atoms with Crippen LogP contribution in [0.15, 0.2) is 59.5 Å². The van der Waals surface area contributed by atoms with E-state index in [0.29, 0.717) is 5.39 Å². The van der Waals surface area contributed by atoms with Gasteiger partial charge in [-0.15, -0.1) is 0 Å². The topological polar surface area (TPSA) is 76.2 Å². The number of benzene rings is 2. The van der Waals surface area contributed by atoms with Crippen molar-refractivity contribution in [2.75, 3.05) is 0 Å². The van der Waals surface area contributed by atoms with Gasteiger partial charge in [0.1, 0.15) is 0 Å². The third-order valence-electron chi connectivity index (χ3n) is 4.11. The molecule has 3 aromatic rings. The predicted molar refractivity (Wildman–Crippen MR) is 96.1 cm³/mol. The molecule has 0 spiro atoms. The Bertz CT molecular complexity index is 1110. The van der Waals surface area contributed by atoms with Crippen LogP contribution in [0.3, 0.4) is 0 Å². The number of carbonyl (C=O) groups is 1. The standard InChI is InChI=1S/C19H16F3NO4S/c1-2-17(24)27-18(28(25,26)14-6-4-3-5-7-14)16-10-12-8-9-13(19(20,21)22)11-15(12)23-16/h3-11,18,23H,2H2,1H3. The maximum Gasteiger partial charge on any atom is 0.416 e. The normalized spacial score (nSPS) is 13.4. The number of aromatic nitrogens is 1. The third-order valence-corrected chi connectivity index (χ3v) is 5.95. The fourth-order valence-corrected chi connectivity index (χ4v) is 4.16. The van der Waals surface area contributed by atoms with Crippen LogP contribution in [0.5, 0.6) is 0 Å². The predicted octanol–water partition coefficient (Wildman–Crippen LogP) is 4.61. The average molecular weight is 411 g/mol. The summed E-state index contributed by atoms with van der Waals surface area (Å²) in [7, 11) is -4.14. The Morgan fingerprint density at radius 1 is 1.11 bits per heavy atom. The highest BCUT2D eigenvalue weighted by atomic mass is 32.2. The van der Waals surface area contributed by atoms with E-state index in [1.807, 2.05) is 0 Å². The van der Waals surface area contributed by atoms with Crippen molar-refractivity contribution in [2.45, 2.75) is 29.9 Å². The van der Waals surface area contributed by atoms with Gasteiger partial charge in [0, 0.05) is 11.9 Å². The second kappa shape index (κ2) is 7.31. The first-order chi connectivity index (χ1) is 13.1. The smallest absolute Gasteiger partial charge is 0.416 e. The number of rotatable bonds is 5. The Hall–Kier alpha value is -2.81. The monoisotopic (exact) mass is 411 g/mol. The highest BCUT2D eigenvalue weighted by Crippen LogP contribution is 2.35. The molecule has 0 aliphatic rings. The number of carbonyl (C=O) groups excluding carboxylic acids is 1. The fraction of sp³-hybridized carbons (Fsp3) is 0.211. The van der Waals surface area contributed by atoms with E-state index in [-0.39, 0.29) is 22.5 Å². The molecule has 0 saturated heterocycles. The average Bonchev–Trinajstić information content (AvgIpc) is 3.08. The molecule has 0 saturated carbocycles. The lowest BCUT2D eigenvalue weighted by molar-refractivity contribution is -0.145. The zero-order valence-electron chi connectivity index (χ0n) is 14.7. The van der Waals surface area contributed by atoms with Crippen molar-refractivity contribution in [2.24, 2.45) is 0 Å². The van der Waals surface area contributed by atoms with E-state index in [1.165, 1.54) is 43.3 Å². The minimum atomic E-state index is -4.54. The van der Waals surface area contributed by atoms with Crippen molar-refractivity contribution in [3.05, 3.63) is 65.9 Å². The van der Waals surface area contributed by atoms with Gasteiger partial charge in [0.05, 0.1) is 16.2 Å². The van der Waals surface area contributed by atoms with E-state index in [2.05, 4.69) is 4.98 Å². The van der Waals surface area contributed by atoms with E-state index < -0.39 is 33.0 Å². The summed E-state index contributed by atoms with van der Waals surface area (Å²) in [5, 5.41) is 0.365. The molecule has 1 atom stereocenters. The number of nitrogens with one attached hydrogen (secondary N) is 1. The summed E-state index contributed by atoms with van der Waals surface area (Å²) >= 11 is 0. The van der Waals surface area contributed by atoms with E-state index >= 15 is 0 Å². The molecule has 0 fully saturated rings. The second-order valence-electron chi connectivity index (χ2n) is 6.06. The van der Waals surface area contributed by atoms with Gasteiger partial charge in [0.25, 0.3) is 0 Å². The zero-order valence-corrected chi connectivity index (χ0v) is 15.5. The first kappa shape index (κ1) is 19.9. The number of alkyl halides is 3. The maximum absolute atomic E-state index is 13.0. The number of esters is 1. The number of ether oxygens (including phenoxy) is 1. The molecule has 0 amide bonds. The molecule has 0 radical (unpaired) electrons. The Morgan fingerprint density at radius 3 is 2.39 bits per heavy atom. The minimum Gasteiger partial charge on any atom is -0.439 e. The number of hydrogen-bond acceptors (Lipinski definition) is 4. The number of aromatic amines is 1. The summed E-state index contributed by atoms with van der Waals surface area (Å²) in [6, 6.07) is 11.8. The summed E-state index contributed by atoms with van der Waals surface area (Å²) in [5.74, 6) is -0.751. The van der Waals surface area contributed by atoms with Gasteiger partial charge in [0.15, 0.2) is 0 Å². The Balaban J connectivity index is 2.12. The van der Waals surface area contributed by atoms with Crippen LogP contribution in [0.4, 0.5) is 13.2 Å². The van der Waals surface area contributed by atoms with Gasteiger partial charge in [-0.05, 0) is 35.7 Å². The Morgan fingerprint density at radius 2 is 1.79 bits per heavy atom. The summed E-state index contributed by atoms with van der Waals surface area (Å²) < 4.78 is 70.0. The van der Waals surface area contributed by atoms with Crippen molar-refractivity contribution < 1.29 is 31.1 Å². The van der Waals surface area contributed by atoms with Gasteiger partial charge in [0.2, 0.25) is 15.3 Å². The number of sulfone groups is 1. The molecule has 0 aliphatic heterocycles. The molecule has 3 rings (SSSR count). The highest BCUT2D eigenvalue weighted by molar-refractivity contribution is 7.91. The number of fused-ring (bicyclic) bond motifs is 1. The molecule has 28 heavy (non-hydrogen) atoms. The molecule has 1 N–H and O–H groups in total. The number of hydrogen-bond donors (Lipinski definition) is 1. The summed E-state index contributed by atoms with van der Waals surface area (Å²) in [4.78, 5) is 14.4. The van der Waals surface area contributed by atoms with Crippen molar-refractivity contribution in [1.82, 2.24) is 4.98 Å². The fourth-order valence-electron chi connectivity index (χ4n) is 2.68. The molecule has 1 heterocycles. The number of halogens is 3. The molecule has 2 aromatic carbocycles. The molecule has 1 aromatic heterocycles. The molecule has 148 valence electrons. The second-order valence-corrected chi connectivity index (χ2v) is 8.05. The van der Waals surface area contributed by atoms with Gasteiger partial charge in [-0.2, -0.15) is 13.2 Å². The largest absolute Gasteiger partial charge is 0.439 e. The van der Waals surface area contributed by atoms with Gasteiger partial charge in [-0.3, -0.25) is 4.79 Å². The van der Waals surface area contributed by atoms with Gasteiger partial charge < -0.3 is 9.72 Å². The molecular formula is C19H16F3NO4S. The van der Waals surface area contributed by atoms with Crippen LogP contribution in [0, 0.1) is 0 Å². The Labute approximate surface area is 159 Å². The van der Waals surface area contributed by atoms with E-state index in [9.17, 15) is 26.4 Å². The van der Waals surface area contributed by atoms with E-state index in [1.54, 1.807) is 6.07 Å². The lowest BCUT2D eigenvalue weighted by Gasteiger charge is -2.17. The SMILES string of the molecule is CCC(=O)OC(c1cc2ccc(C(F)(F)F)cc2[nH]1)S(=O)(=O)c1ccccc1. The maximum atomic E-state index is 13.0. The first-order valence-corrected chi connectivity index (χ1v) is 9.86. The lowest BCUT2D eigenvalue weighted by atomic mass is 10.1. The molecule has 0 aliphatic carbocycles. The van der Waals surface area contributed by atoms with Crippen molar-refractivity contribution in [3.63, 3.8) is 0 Å². The molecule has 9 heteroatoms. The van der Waals surface area contributed by atoms with Crippen LogP contribution < -0.4 is 0 Å². The Kier molecular flexibility index (Phi) is 5.20.